The van der Waals surface area contributed by atoms with Crippen LogP contribution in [0.5, 0.6) is 0 Å². The maximum Gasteiger partial charge on any atom is 0.0458 e. The van der Waals surface area contributed by atoms with Gasteiger partial charge < -0.3 is 5.73 Å². The number of halogens is 1. The molecule has 0 spiro atoms. The molecule has 2 heteroatoms. The van der Waals surface area contributed by atoms with Gasteiger partial charge >= 0.3 is 0 Å². The minimum atomic E-state index is 0.872. The van der Waals surface area contributed by atoms with Crippen molar-refractivity contribution in [2.24, 2.45) is 0 Å². The van der Waals surface area contributed by atoms with Crippen molar-refractivity contribution in [2.75, 3.05) is 5.73 Å². The van der Waals surface area contributed by atoms with E-state index in [9.17, 15) is 0 Å². The molecule has 0 aliphatic rings. The van der Waals surface area contributed by atoms with Gasteiger partial charge in [-0.2, -0.15) is 0 Å². The number of rotatable bonds is 0. The molecule has 0 saturated carbocycles. The van der Waals surface area contributed by atoms with E-state index in [0.29, 0.717) is 0 Å². The van der Waals surface area contributed by atoms with Gasteiger partial charge in [-0.3, -0.25) is 0 Å². The first-order chi connectivity index (χ1) is 6.20. The fourth-order valence-electron chi connectivity index (χ4n) is 1.53. The lowest BCUT2D eigenvalue weighted by atomic mass is 10.0. The Kier molecular flexibility index (Phi) is 2.15. The smallest absolute Gasteiger partial charge is 0.0458 e. The summed E-state index contributed by atoms with van der Waals surface area (Å²) in [6.45, 7) is 2.11. The van der Waals surface area contributed by atoms with Crippen molar-refractivity contribution in [3.05, 3.63) is 39.5 Å². The van der Waals surface area contributed by atoms with Crippen molar-refractivity contribution < 1.29 is 0 Å². The number of nitrogens with two attached hydrogens (primary N) is 1. The lowest BCUT2D eigenvalue weighted by Crippen LogP contribution is -1.93. The molecule has 2 N–H and O–H groups in total. The van der Waals surface area contributed by atoms with Crippen molar-refractivity contribution in [3.63, 3.8) is 0 Å². The third-order valence-corrected chi connectivity index (χ3v) is 3.69. The van der Waals surface area contributed by atoms with Gasteiger partial charge in [0.1, 0.15) is 0 Å². The third kappa shape index (κ3) is 1.39. The second-order valence-corrected chi connectivity index (χ2v) is 4.20. The van der Waals surface area contributed by atoms with Gasteiger partial charge in [0.2, 0.25) is 0 Å². The van der Waals surface area contributed by atoms with Gasteiger partial charge in [0.15, 0.2) is 0 Å². The largest absolute Gasteiger partial charge is 0.398 e. The van der Waals surface area contributed by atoms with Gasteiger partial charge in [-0.05, 0) is 51.9 Å². The standard InChI is InChI=1S/C11H10IN/c1-7-9-5-3-2-4-8(9)6-10(13)11(7)12/h2-6H,13H2,1H3. The first-order valence-electron chi connectivity index (χ1n) is 4.13. The van der Waals surface area contributed by atoms with Crippen molar-refractivity contribution >= 4 is 39.1 Å². The molecule has 0 fully saturated rings. The van der Waals surface area contributed by atoms with E-state index < -0.39 is 0 Å². The molecule has 13 heavy (non-hydrogen) atoms. The van der Waals surface area contributed by atoms with E-state index in [0.717, 1.165) is 9.26 Å². The van der Waals surface area contributed by atoms with Gasteiger partial charge in [0, 0.05) is 9.26 Å². The summed E-state index contributed by atoms with van der Waals surface area (Å²) in [5, 5.41) is 2.51. The van der Waals surface area contributed by atoms with Crippen molar-refractivity contribution in [2.45, 2.75) is 6.92 Å². The Hall–Kier alpha value is -0.770. The van der Waals surface area contributed by atoms with Gasteiger partial charge in [-0.25, -0.2) is 0 Å². The van der Waals surface area contributed by atoms with Crippen LogP contribution in [-0.4, -0.2) is 0 Å². The van der Waals surface area contributed by atoms with E-state index in [1.807, 2.05) is 12.1 Å². The quantitative estimate of drug-likeness (QED) is 0.582. The monoisotopic (exact) mass is 283 g/mol. The van der Waals surface area contributed by atoms with E-state index in [-0.39, 0.29) is 0 Å². The van der Waals surface area contributed by atoms with Crippen LogP contribution in [0.1, 0.15) is 5.56 Å². The number of anilines is 1. The molecule has 0 amide bonds. The number of aryl methyl sites for hydroxylation is 1. The second kappa shape index (κ2) is 3.18. The van der Waals surface area contributed by atoms with Crippen LogP contribution in [0.2, 0.25) is 0 Å². The topological polar surface area (TPSA) is 26.0 Å². The summed E-state index contributed by atoms with van der Waals surface area (Å²) < 4.78 is 1.16. The van der Waals surface area contributed by atoms with Crippen LogP contribution in [0.3, 0.4) is 0 Å². The van der Waals surface area contributed by atoms with Crippen LogP contribution in [0, 0.1) is 10.5 Å². The molecule has 1 nitrogen and oxygen atoms in total. The first kappa shape index (κ1) is 8.81. The van der Waals surface area contributed by atoms with Crippen LogP contribution in [0.4, 0.5) is 5.69 Å². The molecule has 0 aliphatic carbocycles. The summed E-state index contributed by atoms with van der Waals surface area (Å²) >= 11 is 2.29. The van der Waals surface area contributed by atoms with Gasteiger partial charge in [-0.15, -0.1) is 0 Å². The van der Waals surface area contributed by atoms with Crippen LogP contribution >= 0.6 is 22.6 Å². The Bertz CT molecular complexity index is 463. The molecular formula is C11H10IN. The molecule has 66 valence electrons. The predicted octanol–water partition coefficient (Wildman–Crippen LogP) is 3.34. The minimum absolute atomic E-state index is 0.872. The van der Waals surface area contributed by atoms with Crippen LogP contribution in [-0.2, 0) is 0 Å². The Labute approximate surface area is 91.1 Å². The summed E-state index contributed by atoms with van der Waals surface area (Å²) in [5.41, 5.74) is 8.03. The van der Waals surface area contributed by atoms with Crippen LogP contribution < -0.4 is 5.73 Å². The maximum atomic E-state index is 5.88. The third-order valence-electron chi connectivity index (χ3n) is 2.26. The molecule has 0 aliphatic heterocycles. The van der Waals surface area contributed by atoms with Crippen molar-refractivity contribution in [3.8, 4) is 0 Å². The van der Waals surface area contributed by atoms with Gasteiger partial charge in [0.05, 0.1) is 0 Å². The number of hydrogen-bond donors (Lipinski definition) is 1. The highest BCUT2D eigenvalue weighted by atomic mass is 127. The SMILES string of the molecule is Cc1c(I)c(N)cc2ccccc12. The molecule has 2 rings (SSSR count). The molecule has 2 aromatic rings. The van der Waals surface area contributed by atoms with Crippen LogP contribution in [0.25, 0.3) is 10.8 Å². The van der Waals surface area contributed by atoms with Crippen molar-refractivity contribution in [1.82, 2.24) is 0 Å². The summed E-state index contributed by atoms with van der Waals surface area (Å²) in [7, 11) is 0. The lowest BCUT2D eigenvalue weighted by molar-refractivity contribution is 1.48. The Balaban J connectivity index is 2.94. The highest BCUT2D eigenvalue weighted by Crippen LogP contribution is 2.27. The average Bonchev–Trinajstić information content (AvgIpc) is 2.15. The fraction of sp³-hybridized carbons (Fsp3) is 0.0909. The number of fused-ring (bicyclic) bond motifs is 1. The summed E-state index contributed by atoms with van der Waals surface area (Å²) in [5.74, 6) is 0. The molecule has 0 bridgehead atoms. The molecule has 2 aromatic carbocycles. The summed E-state index contributed by atoms with van der Waals surface area (Å²) in [6.07, 6.45) is 0. The highest BCUT2D eigenvalue weighted by molar-refractivity contribution is 14.1. The van der Waals surface area contributed by atoms with Gasteiger partial charge in [0.25, 0.3) is 0 Å². The highest BCUT2D eigenvalue weighted by Gasteiger charge is 2.03. The molecule has 0 radical (unpaired) electrons. The van der Waals surface area contributed by atoms with E-state index in [4.69, 9.17) is 5.73 Å². The van der Waals surface area contributed by atoms with E-state index >= 15 is 0 Å². The van der Waals surface area contributed by atoms with E-state index in [1.54, 1.807) is 0 Å². The Morgan fingerprint density at radius 2 is 1.92 bits per heavy atom. The maximum absolute atomic E-state index is 5.88. The molecule has 0 unspecified atom stereocenters. The molecule has 0 heterocycles. The lowest BCUT2D eigenvalue weighted by Gasteiger charge is -2.07. The fourth-order valence-corrected chi connectivity index (χ4v) is 1.98. The van der Waals surface area contributed by atoms with Gasteiger partial charge in [-0.1, -0.05) is 24.3 Å². The normalized spacial score (nSPS) is 10.6. The number of benzene rings is 2. The number of hydrogen-bond acceptors (Lipinski definition) is 1. The zero-order chi connectivity index (χ0) is 9.42. The Morgan fingerprint density at radius 1 is 1.23 bits per heavy atom. The zero-order valence-electron chi connectivity index (χ0n) is 7.34. The second-order valence-electron chi connectivity index (χ2n) is 3.13. The van der Waals surface area contributed by atoms with Crippen molar-refractivity contribution in [1.29, 1.82) is 0 Å². The van der Waals surface area contributed by atoms with E-state index in [2.05, 4.69) is 47.7 Å². The van der Waals surface area contributed by atoms with E-state index in [1.165, 1.54) is 16.3 Å². The number of nitrogen functional groups attached to an aromatic ring is 1. The summed E-state index contributed by atoms with van der Waals surface area (Å²) in [6, 6.07) is 10.3. The Morgan fingerprint density at radius 3 is 2.69 bits per heavy atom. The molecule has 0 saturated heterocycles. The first-order valence-corrected chi connectivity index (χ1v) is 5.21. The average molecular weight is 283 g/mol. The molecular weight excluding hydrogens is 273 g/mol. The molecule has 0 atom stereocenters. The van der Waals surface area contributed by atoms with Crippen LogP contribution in [0.15, 0.2) is 30.3 Å². The predicted molar refractivity (Wildman–Crippen MR) is 65.8 cm³/mol. The molecule has 0 aromatic heterocycles. The summed E-state index contributed by atoms with van der Waals surface area (Å²) in [4.78, 5) is 0. The zero-order valence-corrected chi connectivity index (χ0v) is 9.50. The minimum Gasteiger partial charge on any atom is -0.398 e.